The van der Waals surface area contributed by atoms with Crippen LogP contribution in [0.2, 0.25) is 0 Å². The molecule has 17 heavy (non-hydrogen) atoms. The van der Waals surface area contributed by atoms with Crippen molar-refractivity contribution in [3.05, 3.63) is 0 Å². The number of hydrogen-bond acceptors (Lipinski definition) is 5. The second-order valence-electron chi connectivity index (χ2n) is 4.75. The van der Waals surface area contributed by atoms with E-state index in [2.05, 4.69) is 5.32 Å². The molecule has 0 aromatic heterocycles. The first-order chi connectivity index (χ1) is 7.81. The first kappa shape index (κ1) is 17.1. The molecular weight excluding hydrogens is 241 g/mol. The number of hydrogen-bond donors (Lipinski definition) is 2. The van der Waals surface area contributed by atoms with E-state index in [9.17, 15) is 4.57 Å². The third-order valence-electron chi connectivity index (χ3n) is 2.40. The van der Waals surface area contributed by atoms with Gasteiger partial charge in [0.05, 0.1) is 13.2 Å². The van der Waals surface area contributed by atoms with Crippen molar-refractivity contribution in [2.45, 2.75) is 40.4 Å². The molecule has 0 aromatic rings. The predicted octanol–water partition coefficient (Wildman–Crippen LogP) is 2.21. The van der Waals surface area contributed by atoms with Crippen LogP contribution in [0, 0.1) is 5.41 Å². The van der Waals surface area contributed by atoms with Crippen molar-refractivity contribution in [1.29, 1.82) is 0 Å². The van der Waals surface area contributed by atoms with E-state index >= 15 is 0 Å². The van der Waals surface area contributed by atoms with E-state index in [0.717, 1.165) is 0 Å². The molecule has 0 rings (SSSR count). The molecule has 104 valence electrons. The van der Waals surface area contributed by atoms with Gasteiger partial charge in [0.25, 0.3) is 0 Å². The summed E-state index contributed by atoms with van der Waals surface area (Å²) in [6.07, 6.45) is 0. The molecule has 1 unspecified atom stereocenters. The zero-order chi connectivity index (χ0) is 13.5. The van der Waals surface area contributed by atoms with Crippen LogP contribution in [0.5, 0.6) is 0 Å². The van der Waals surface area contributed by atoms with Crippen molar-refractivity contribution in [2.24, 2.45) is 5.41 Å². The highest BCUT2D eigenvalue weighted by atomic mass is 31.2. The minimum absolute atomic E-state index is 0.0697. The third kappa shape index (κ3) is 5.98. The topological polar surface area (TPSA) is 67.8 Å². The van der Waals surface area contributed by atoms with Crippen molar-refractivity contribution in [2.75, 3.05) is 26.4 Å². The van der Waals surface area contributed by atoms with Gasteiger partial charge in [-0.3, -0.25) is 4.57 Å². The summed E-state index contributed by atoms with van der Waals surface area (Å²) >= 11 is 0. The van der Waals surface area contributed by atoms with Crippen LogP contribution in [-0.4, -0.2) is 37.3 Å². The zero-order valence-corrected chi connectivity index (χ0v) is 12.4. The molecule has 2 N–H and O–H groups in total. The summed E-state index contributed by atoms with van der Waals surface area (Å²) in [5.41, 5.74) is -0.252. The monoisotopic (exact) mass is 267 g/mol. The van der Waals surface area contributed by atoms with Gasteiger partial charge in [0, 0.05) is 18.6 Å². The molecule has 0 amide bonds. The summed E-state index contributed by atoms with van der Waals surface area (Å²) in [6.45, 7) is 10.5. The van der Waals surface area contributed by atoms with Gasteiger partial charge < -0.3 is 19.5 Å². The van der Waals surface area contributed by atoms with Gasteiger partial charge in [0.2, 0.25) is 0 Å². The van der Waals surface area contributed by atoms with Crippen LogP contribution in [-0.2, 0) is 13.6 Å². The molecule has 0 aromatic carbocycles. The van der Waals surface area contributed by atoms with E-state index in [0.29, 0.717) is 19.8 Å². The summed E-state index contributed by atoms with van der Waals surface area (Å²) in [5, 5.41) is 12.3. The van der Waals surface area contributed by atoms with Gasteiger partial charge >= 0.3 is 7.60 Å². The summed E-state index contributed by atoms with van der Waals surface area (Å²) < 4.78 is 22.8. The van der Waals surface area contributed by atoms with Gasteiger partial charge in [-0.1, -0.05) is 13.8 Å². The molecule has 5 nitrogen and oxygen atoms in total. The fraction of sp³-hybridized carbons (Fsp3) is 1.00. The predicted molar refractivity (Wildman–Crippen MR) is 69.2 cm³/mol. The Balaban J connectivity index is 4.43. The van der Waals surface area contributed by atoms with Crippen molar-refractivity contribution in [3.63, 3.8) is 0 Å². The van der Waals surface area contributed by atoms with Gasteiger partial charge in [0.15, 0.2) is 0 Å². The molecule has 0 aliphatic rings. The average Bonchev–Trinajstić information content (AvgIpc) is 2.26. The Bertz CT molecular complexity index is 248. The molecule has 0 saturated heterocycles. The Kier molecular flexibility index (Phi) is 7.52. The highest BCUT2D eigenvalue weighted by Crippen LogP contribution is 2.51. The first-order valence-electron chi connectivity index (χ1n) is 6.04. The number of nitrogens with one attached hydrogen (secondary N) is 1. The Hall–Kier alpha value is 0.0700. The minimum Gasteiger partial charge on any atom is -0.396 e. The summed E-state index contributed by atoms with van der Waals surface area (Å²) in [5.74, 6) is -0.381. The van der Waals surface area contributed by atoms with Crippen molar-refractivity contribution < 1.29 is 18.7 Å². The second kappa shape index (κ2) is 7.49. The molecule has 0 saturated carbocycles. The summed E-state index contributed by atoms with van der Waals surface area (Å²) in [6, 6.07) is 0. The Morgan fingerprint density at radius 3 is 2.12 bits per heavy atom. The van der Waals surface area contributed by atoms with Gasteiger partial charge in [-0.2, -0.15) is 0 Å². The molecule has 0 fully saturated rings. The standard InChI is InChI=1S/C11H26NO4P/c1-6-15-17(14,16-7-2)10(3)12-8-11(4,5)9-13/h10,12-13H,6-9H2,1-5H3. The van der Waals surface area contributed by atoms with E-state index in [4.69, 9.17) is 14.2 Å². The van der Waals surface area contributed by atoms with Gasteiger partial charge in [-0.05, 0) is 20.8 Å². The molecule has 0 bridgehead atoms. The Morgan fingerprint density at radius 1 is 1.29 bits per heavy atom. The lowest BCUT2D eigenvalue weighted by Crippen LogP contribution is -2.37. The third-order valence-corrected chi connectivity index (χ3v) is 4.76. The van der Waals surface area contributed by atoms with Crippen LogP contribution in [0.1, 0.15) is 34.6 Å². The van der Waals surface area contributed by atoms with Crippen molar-refractivity contribution in [3.8, 4) is 0 Å². The van der Waals surface area contributed by atoms with Crippen LogP contribution >= 0.6 is 7.60 Å². The Morgan fingerprint density at radius 2 is 1.76 bits per heavy atom. The normalized spacial score (nSPS) is 14.9. The lowest BCUT2D eigenvalue weighted by Gasteiger charge is -2.28. The highest BCUT2D eigenvalue weighted by Gasteiger charge is 2.32. The number of rotatable bonds is 9. The second-order valence-corrected chi connectivity index (χ2v) is 7.13. The van der Waals surface area contributed by atoms with Crippen molar-refractivity contribution in [1.82, 2.24) is 5.32 Å². The molecule has 0 spiro atoms. The van der Waals surface area contributed by atoms with E-state index in [1.54, 1.807) is 20.8 Å². The largest absolute Gasteiger partial charge is 0.396 e. The number of aliphatic hydroxyl groups is 1. The van der Waals surface area contributed by atoms with Crippen molar-refractivity contribution >= 4 is 7.60 Å². The van der Waals surface area contributed by atoms with E-state index in [-0.39, 0.29) is 17.8 Å². The maximum Gasteiger partial charge on any atom is 0.347 e. The fourth-order valence-electron chi connectivity index (χ4n) is 1.21. The van der Waals surface area contributed by atoms with E-state index in [1.165, 1.54) is 0 Å². The molecule has 0 aliphatic heterocycles. The van der Waals surface area contributed by atoms with Crippen LogP contribution in [0.15, 0.2) is 0 Å². The molecular formula is C11H26NO4P. The quantitative estimate of drug-likeness (QED) is 0.627. The minimum atomic E-state index is -3.10. The number of aliphatic hydroxyl groups excluding tert-OH is 1. The fourth-order valence-corrected chi connectivity index (χ4v) is 2.77. The van der Waals surface area contributed by atoms with E-state index < -0.39 is 7.60 Å². The lowest BCUT2D eigenvalue weighted by molar-refractivity contribution is 0.152. The molecule has 0 heterocycles. The zero-order valence-electron chi connectivity index (χ0n) is 11.5. The average molecular weight is 267 g/mol. The molecule has 0 aliphatic carbocycles. The van der Waals surface area contributed by atoms with Crippen LogP contribution in [0.25, 0.3) is 0 Å². The maximum atomic E-state index is 12.3. The lowest BCUT2D eigenvalue weighted by atomic mass is 9.95. The first-order valence-corrected chi connectivity index (χ1v) is 7.65. The molecule has 1 atom stereocenters. The summed E-state index contributed by atoms with van der Waals surface area (Å²) in [7, 11) is -3.10. The maximum absolute atomic E-state index is 12.3. The van der Waals surface area contributed by atoms with Crippen LogP contribution < -0.4 is 5.32 Å². The van der Waals surface area contributed by atoms with Gasteiger partial charge in [-0.25, -0.2) is 0 Å². The van der Waals surface area contributed by atoms with Crippen LogP contribution in [0.4, 0.5) is 0 Å². The van der Waals surface area contributed by atoms with Gasteiger partial charge in [0.1, 0.15) is 5.78 Å². The summed E-state index contributed by atoms with van der Waals surface area (Å²) in [4.78, 5) is 0. The SMILES string of the molecule is CCOP(=O)(OCC)C(C)NCC(C)(C)CO. The Labute approximate surface area is 104 Å². The van der Waals surface area contributed by atoms with Crippen LogP contribution in [0.3, 0.4) is 0 Å². The molecule has 0 radical (unpaired) electrons. The van der Waals surface area contributed by atoms with Gasteiger partial charge in [-0.15, -0.1) is 0 Å². The molecule has 6 heteroatoms. The highest BCUT2D eigenvalue weighted by molar-refractivity contribution is 7.54. The van der Waals surface area contributed by atoms with E-state index in [1.807, 2.05) is 13.8 Å². The smallest absolute Gasteiger partial charge is 0.347 e.